The molecule has 0 aliphatic carbocycles. The maximum Gasteiger partial charge on any atom is 0.266 e. The number of anilines is 1. The Kier molecular flexibility index (Phi) is 7.69. The van der Waals surface area contributed by atoms with Gasteiger partial charge in [-0.1, -0.05) is 63.4 Å². The van der Waals surface area contributed by atoms with Gasteiger partial charge in [0.15, 0.2) is 5.75 Å². The summed E-state index contributed by atoms with van der Waals surface area (Å²) in [6, 6.07) is 18.1. The SMILES string of the molecule is N#C/C(=C/c1cc(Cl)c(OCc2ccc(Br)cc2)c(Cl)c1)C(=O)Nc1ccccc1F. The van der Waals surface area contributed by atoms with E-state index in [9.17, 15) is 14.4 Å². The second-order valence-corrected chi connectivity index (χ2v) is 8.06. The molecule has 1 N–H and O–H groups in total. The smallest absolute Gasteiger partial charge is 0.266 e. The summed E-state index contributed by atoms with van der Waals surface area (Å²) in [6.07, 6.45) is 1.31. The van der Waals surface area contributed by atoms with E-state index in [1.807, 2.05) is 24.3 Å². The average molecular weight is 520 g/mol. The number of hydrogen-bond donors (Lipinski definition) is 1. The van der Waals surface area contributed by atoms with Crippen LogP contribution in [0.25, 0.3) is 6.08 Å². The van der Waals surface area contributed by atoms with Crippen molar-refractivity contribution < 1.29 is 13.9 Å². The predicted octanol–water partition coefficient (Wildman–Crippen LogP) is 7.02. The van der Waals surface area contributed by atoms with Crippen molar-refractivity contribution in [2.24, 2.45) is 0 Å². The molecule has 0 aromatic heterocycles. The Hall–Kier alpha value is -2.85. The number of nitrogens with zero attached hydrogens (tertiary/aromatic N) is 1. The summed E-state index contributed by atoms with van der Waals surface area (Å²) in [6.45, 7) is 0.260. The fourth-order valence-corrected chi connectivity index (χ4v) is 3.48. The molecule has 0 spiro atoms. The van der Waals surface area contributed by atoms with Crippen molar-refractivity contribution >= 4 is 56.8 Å². The van der Waals surface area contributed by atoms with Crippen molar-refractivity contribution in [1.29, 1.82) is 5.26 Å². The Morgan fingerprint density at radius 2 is 1.77 bits per heavy atom. The summed E-state index contributed by atoms with van der Waals surface area (Å²) in [5.41, 5.74) is 1.09. The summed E-state index contributed by atoms with van der Waals surface area (Å²) in [4.78, 5) is 12.4. The number of amides is 1. The lowest BCUT2D eigenvalue weighted by Gasteiger charge is -2.11. The number of nitriles is 1. The van der Waals surface area contributed by atoms with Crippen LogP contribution in [-0.4, -0.2) is 5.91 Å². The monoisotopic (exact) mass is 518 g/mol. The van der Waals surface area contributed by atoms with E-state index in [2.05, 4.69) is 21.2 Å². The maximum absolute atomic E-state index is 13.7. The highest BCUT2D eigenvalue weighted by molar-refractivity contribution is 9.10. The molecule has 3 aromatic carbocycles. The quantitative estimate of drug-likeness (QED) is 0.281. The number of para-hydroxylation sites is 1. The number of ether oxygens (including phenoxy) is 1. The minimum absolute atomic E-state index is 0.0265. The largest absolute Gasteiger partial charge is 0.486 e. The normalized spacial score (nSPS) is 11.0. The zero-order valence-corrected chi connectivity index (χ0v) is 18.9. The van der Waals surface area contributed by atoms with Crippen LogP contribution in [0.4, 0.5) is 10.1 Å². The van der Waals surface area contributed by atoms with Crippen LogP contribution >= 0.6 is 39.1 Å². The van der Waals surface area contributed by atoms with Gasteiger partial charge in [-0.05, 0) is 53.6 Å². The molecule has 0 aliphatic rings. The van der Waals surface area contributed by atoms with Crippen LogP contribution in [0.15, 0.2) is 70.7 Å². The number of nitrogens with one attached hydrogen (secondary N) is 1. The molecule has 0 heterocycles. The first kappa shape index (κ1) is 22.8. The average Bonchev–Trinajstić information content (AvgIpc) is 2.74. The van der Waals surface area contributed by atoms with Crippen molar-refractivity contribution in [2.45, 2.75) is 6.61 Å². The summed E-state index contributed by atoms with van der Waals surface area (Å²) >= 11 is 16.0. The zero-order valence-electron chi connectivity index (χ0n) is 15.8. The predicted molar refractivity (Wildman–Crippen MR) is 124 cm³/mol. The molecule has 156 valence electrons. The third kappa shape index (κ3) is 6.08. The van der Waals surface area contributed by atoms with Crippen molar-refractivity contribution in [3.8, 4) is 11.8 Å². The van der Waals surface area contributed by atoms with Crippen LogP contribution in [0, 0.1) is 17.1 Å². The molecule has 3 aromatic rings. The van der Waals surface area contributed by atoms with Crippen molar-refractivity contribution in [2.75, 3.05) is 5.32 Å². The topological polar surface area (TPSA) is 62.1 Å². The van der Waals surface area contributed by atoms with E-state index >= 15 is 0 Å². The molecule has 0 saturated heterocycles. The Balaban J connectivity index is 1.78. The van der Waals surface area contributed by atoms with E-state index < -0.39 is 11.7 Å². The van der Waals surface area contributed by atoms with Gasteiger partial charge in [0, 0.05) is 4.47 Å². The third-order valence-electron chi connectivity index (χ3n) is 4.12. The fourth-order valence-electron chi connectivity index (χ4n) is 2.60. The first-order valence-electron chi connectivity index (χ1n) is 8.91. The van der Waals surface area contributed by atoms with Crippen LogP contribution in [0.1, 0.15) is 11.1 Å². The molecule has 8 heteroatoms. The Labute approximate surface area is 197 Å². The molecule has 0 unspecified atom stereocenters. The maximum atomic E-state index is 13.7. The molecule has 4 nitrogen and oxygen atoms in total. The van der Waals surface area contributed by atoms with Gasteiger partial charge in [-0.2, -0.15) is 5.26 Å². The molecule has 0 radical (unpaired) electrons. The summed E-state index contributed by atoms with van der Waals surface area (Å²) in [5, 5.41) is 12.2. The molecule has 0 atom stereocenters. The lowest BCUT2D eigenvalue weighted by atomic mass is 10.1. The third-order valence-corrected chi connectivity index (χ3v) is 5.21. The molecule has 31 heavy (non-hydrogen) atoms. The van der Waals surface area contributed by atoms with E-state index in [0.29, 0.717) is 5.56 Å². The first-order chi connectivity index (χ1) is 14.9. The van der Waals surface area contributed by atoms with Crippen molar-refractivity contribution in [1.82, 2.24) is 0 Å². The number of benzene rings is 3. The van der Waals surface area contributed by atoms with E-state index in [1.54, 1.807) is 12.1 Å². The highest BCUT2D eigenvalue weighted by atomic mass is 79.9. The number of carbonyl (C=O) groups excluding carboxylic acids is 1. The van der Waals surface area contributed by atoms with Crippen LogP contribution < -0.4 is 10.1 Å². The molecule has 0 bridgehead atoms. The molecular formula is C23H14BrCl2FN2O2. The zero-order chi connectivity index (χ0) is 22.4. The molecule has 0 fully saturated rings. The van der Waals surface area contributed by atoms with Gasteiger partial charge < -0.3 is 10.1 Å². The van der Waals surface area contributed by atoms with E-state index in [4.69, 9.17) is 27.9 Å². The molecule has 1 amide bonds. The summed E-state index contributed by atoms with van der Waals surface area (Å²) in [5.74, 6) is -1.07. The Morgan fingerprint density at radius 3 is 2.39 bits per heavy atom. The molecule has 3 rings (SSSR count). The summed E-state index contributed by atoms with van der Waals surface area (Å²) < 4.78 is 20.4. The lowest BCUT2D eigenvalue weighted by molar-refractivity contribution is -0.112. The molecular weight excluding hydrogens is 506 g/mol. The van der Waals surface area contributed by atoms with Gasteiger partial charge in [0.05, 0.1) is 15.7 Å². The number of carbonyl (C=O) groups is 1. The van der Waals surface area contributed by atoms with Crippen molar-refractivity contribution in [3.05, 3.63) is 97.7 Å². The number of halogens is 4. The van der Waals surface area contributed by atoms with Gasteiger partial charge in [-0.25, -0.2) is 4.39 Å². The summed E-state index contributed by atoms with van der Waals surface area (Å²) in [7, 11) is 0. The fraction of sp³-hybridized carbons (Fsp3) is 0.0435. The first-order valence-corrected chi connectivity index (χ1v) is 10.5. The highest BCUT2D eigenvalue weighted by Crippen LogP contribution is 2.35. The van der Waals surface area contributed by atoms with Crippen LogP contribution in [0.5, 0.6) is 5.75 Å². The van der Waals surface area contributed by atoms with Gasteiger partial charge in [0.1, 0.15) is 24.1 Å². The van der Waals surface area contributed by atoms with Crippen LogP contribution in [0.2, 0.25) is 10.0 Å². The minimum Gasteiger partial charge on any atom is -0.486 e. The van der Waals surface area contributed by atoms with Crippen LogP contribution in [0.3, 0.4) is 0 Å². The molecule has 0 aliphatic heterocycles. The van der Waals surface area contributed by atoms with Gasteiger partial charge >= 0.3 is 0 Å². The van der Waals surface area contributed by atoms with Crippen molar-refractivity contribution in [3.63, 3.8) is 0 Å². The van der Waals surface area contributed by atoms with Gasteiger partial charge in [0.2, 0.25) is 0 Å². The second kappa shape index (κ2) is 10.5. The second-order valence-electron chi connectivity index (χ2n) is 6.33. The Bertz CT molecular complexity index is 1170. The minimum atomic E-state index is -0.754. The lowest BCUT2D eigenvalue weighted by Crippen LogP contribution is -2.14. The van der Waals surface area contributed by atoms with E-state index in [-0.39, 0.29) is 33.7 Å². The van der Waals surface area contributed by atoms with Gasteiger partial charge in [-0.15, -0.1) is 0 Å². The standard InChI is InChI=1S/C23H14BrCl2FN2O2/c24-17-7-5-14(6-8-17)13-31-22-18(25)10-15(11-19(22)26)9-16(12-28)23(30)29-21-4-2-1-3-20(21)27/h1-11H,13H2,(H,29,30)/b16-9-. The number of rotatable bonds is 6. The number of hydrogen-bond acceptors (Lipinski definition) is 3. The highest BCUT2D eigenvalue weighted by Gasteiger charge is 2.14. The van der Waals surface area contributed by atoms with Gasteiger partial charge in [-0.3, -0.25) is 4.79 Å². The van der Waals surface area contributed by atoms with Crippen LogP contribution in [-0.2, 0) is 11.4 Å². The molecule has 0 saturated carbocycles. The Morgan fingerprint density at radius 1 is 1.13 bits per heavy atom. The van der Waals surface area contributed by atoms with E-state index in [1.165, 1.54) is 36.4 Å². The van der Waals surface area contributed by atoms with E-state index in [0.717, 1.165) is 10.0 Å². The van der Waals surface area contributed by atoms with Gasteiger partial charge in [0.25, 0.3) is 5.91 Å².